The van der Waals surface area contributed by atoms with Gasteiger partial charge in [0, 0.05) is 11.4 Å². The molecule has 28 heavy (non-hydrogen) atoms. The van der Waals surface area contributed by atoms with Crippen molar-refractivity contribution in [3.63, 3.8) is 0 Å². The van der Waals surface area contributed by atoms with Crippen molar-refractivity contribution in [2.45, 2.75) is 19.9 Å². The molecule has 0 saturated carbocycles. The minimum atomic E-state index is -0.660. The topological polar surface area (TPSA) is 90.5 Å². The smallest absolute Gasteiger partial charge is 0.253 e. The van der Waals surface area contributed by atoms with Gasteiger partial charge in [-0.3, -0.25) is 4.79 Å². The lowest BCUT2D eigenvalue weighted by Gasteiger charge is -2.17. The van der Waals surface area contributed by atoms with E-state index in [-0.39, 0.29) is 5.91 Å². The fourth-order valence-corrected chi connectivity index (χ4v) is 3.13. The second kappa shape index (κ2) is 7.43. The third-order valence-electron chi connectivity index (χ3n) is 4.38. The Bertz CT molecular complexity index is 1070. The van der Waals surface area contributed by atoms with Crippen LogP contribution < -0.4 is 5.32 Å². The number of carbonyl (C=O) groups excluding carboxylic acids is 1. The van der Waals surface area contributed by atoms with Gasteiger partial charge in [-0.25, -0.2) is 9.36 Å². The summed E-state index contributed by atoms with van der Waals surface area (Å²) in [5, 5.41) is 18.6. The summed E-state index contributed by atoms with van der Waals surface area (Å²) in [5.41, 5.74) is 4.43. The van der Waals surface area contributed by atoms with Crippen LogP contribution in [-0.4, -0.2) is 35.9 Å². The van der Waals surface area contributed by atoms with Crippen molar-refractivity contribution in [2.24, 2.45) is 0 Å². The predicted molar refractivity (Wildman–Crippen MR) is 104 cm³/mol. The summed E-state index contributed by atoms with van der Waals surface area (Å²) in [6, 6.07) is 18.3. The molecule has 1 amide bonds. The third kappa shape index (κ3) is 3.52. The summed E-state index contributed by atoms with van der Waals surface area (Å²) in [5.74, 6) is -0.225. The number of tetrazole rings is 1. The first-order valence-corrected chi connectivity index (χ1v) is 8.84. The number of nitrogens with zero attached hydrogens (tertiary/aromatic N) is 6. The van der Waals surface area contributed by atoms with Gasteiger partial charge in [0.2, 0.25) is 0 Å². The van der Waals surface area contributed by atoms with Crippen molar-refractivity contribution in [1.29, 1.82) is 0 Å². The van der Waals surface area contributed by atoms with Crippen molar-refractivity contribution in [1.82, 2.24) is 30.0 Å². The number of hydrogen-bond donors (Lipinski definition) is 1. The highest BCUT2D eigenvalue weighted by Gasteiger charge is 2.24. The minimum Gasteiger partial charge on any atom is -0.324 e. The number of carbonyl (C=O) groups is 1. The predicted octanol–water partition coefficient (Wildman–Crippen LogP) is 2.70. The van der Waals surface area contributed by atoms with E-state index in [2.05, 4.69) is 25.9 Å². The van der Waals surface area contributed by atoms with Gasteiger partial charge in [-0.15, -0.1) is 5.10 Å². The fraction of sp³-hybridized carbons (Fsp3) is 0.150. The van der Waals surface area contributed by atoms with Gasteiger partial charge in [-0.2, -0.15) is 5.10 Å². The van der Waals surface area contributed by atoms with Gasteiger partial charge in [-0.05, 0) is 60.2 Å². The van der Waals surface area contributed by atoms with E-state index >= 15 is 0 Å². The summed E-state index contributed by atoms with van der Waals surface area (Å²) in [6.45, 7) is 3.97. The summed E-state index contributed by atoms with van der Waals surface area (Å²) in [6.07, 6.45) is 1.43. The monoisotopic (exact) mass is 373 g/mol. The van der Waals surface area contributed by atoms with Gasteiger partial charge < -0.3 is 5.32 Å². The lowest BCUT2D eigenvalue weighted by Crippen LogP contribution is -2.27. The van der Waals surface area contributed by atoms with Gasteiger partial charge in [0.25, 0.3) is 5.91 Å². The lowest BCUT2D eigenvalue weighted by atomic mass is 10.1. The first kappa shape index (κ1) is 17.6. The van der Waals surface area contributed by atoms with Crippen molar-refractivity contribution in [2.75, 3.05) is 5.32 Å². The molecule has 0 radical (unpaired) electrons. The van der Waals surface area contributed by atoms with Crippen molar-refractivity contribution >= 4 is 11.6 Å². The molecular formula is C20H19N7O. The standard InChI is InChI=1S/C20H19N7O/c1-14-12-15(2)27(23-14)18-10-8-17(9-11-18)22-20(28)19(26-13-21-24-25-26)16-6-4-3-5-7-16/h3-13,19H,1-2H3,(H,22,28)/t19-/m0/s1. The number of aromatic nitrogens is 6. The molecule has 1 atom stereocenters. The van der Waals surface area contributed by atoms with Crippen molar-refractivity contribution in [3.8, 4) is 5.69 Å². The number of benzene rings is 2. The normalized spacial score (nSPS) is 11.9. The molecule has 1 N–H and O–H groups in total. The van der Waals surface area contributed by atoms with Gasteiger partial charge >= 0.3 is 0 Å². The van der Waals surface area contributed by atoms with E-state index in [1.54, 1.807) is 0 Å². The highest BCUT2D eigenvalue weighted by Crippen LogP contribution is 2.21. The zero-order valence-electron chi connectivity index (χ0n) is 15.5. The summed E-state index contributed by atoms with van der Waals surface area (Å²) in [7, 11) is 0. The van der Waals surface area contributed by atoms with E-state index < -0.39 is 6.04 Å². The van der Waals surface area contributed by atoms with E-state index in [9.17, 15) is 4.79 Å². The van der Waals surface area contributed by atoms with Crippen LogP contribution in [0.4, 0.5) is 5.69 Å². The number of anilines is 1. The molecule has 8 nitrogen and oxygen atoms in total. The largest absolute Gasteiger partial charge is 0.324 e. The van der Waals surface area contributed by atoms with Crippen molar-refractivity contribution in [3.05, 3.63) is 83.9 Å². The van der Waals surface area contributed by atoms with Crippen LogP contribution in [0.2, 0.25) is 0 Å². The third-order valence-corrected chi connectivity index (χ3v) is 4.38. The summed E-state index contributed by atoms with van der Waals surface area (Å²) >= 11 is 0. The van der Waals surface area contributed by atoms with Gasteiger partial charge in [0.1, 0.15) is 6.33 Å². The van der Waals surface area contributed by atoms with E-state index in [0.29, 0.717) is 5.69 Å². The summed E-state index contributed by atoms with van der Waals surface area (Å²) < 4.78 is 3.31. The molecule has 2 aromatic heterocycles. The molecule has 0 fully saturated rings. The van der Waals surface area contributed by atoms with Crippen molar-refractivity contribution < 1.29 is 4.79 Å². The van der Waals surface area contributed by atoms with Crippen LogP contribution in [0, 0.1) is 13.8 Å². The van der Waals surface area contributed by atoms with Crippen LogP contribution in [0.3, 0.4) is 0 Å². The zero-order chi connectivity index (χ0) is 19.5. The van der Waals surface area contributed by atoms with Crippen LogP contribution in [0.15, 0.2) is 67.0 Å². The number of hydrogen-bond acceptors (Lipinski definition) is 5. The quantitative estimate of drug-likeness (QED) is 0.581. The van der Waals surface area contributed by atoms with Crippen LogP contribution in [0.1, 0.15) is 23.0 Å². The number of nitrogens with one attached hydrogen (secondary N) is 1. The highest BCUT2D eigenvalue weighted by atomic mass is 16.2. The molecule has 0 spiro atoms. The molecule has 2 aromatic carbocycles. The molecule has 0 bridgehead atoms. The van der Waals surface area contributed by atoms with Gasteiger partial charge in [0.05, 0.1) is 11.4 Å². The Hall–Kier alpha value is -3.81. The van der Waals surface area contributed by atoms with Crippen LogP contribution in [0.25, 0.3) is 5.69 Å². The first-order valence-electron chi connectivity index (χ1n) is 8.84. The Morgan fingerprint density at radius 2 is 1.79 bits per heavy atom. The molecule has 4 rings (SSSR count). The van der Waals surface area contributed by atoms with Crippen LogP contribution in [0.5, 0.6) is 0 Å². The number of aryl methyl sites for hydroxylation is 2. The molecule has 0 saturated heterocycles. The Balaban J connectivity index is 1.57. The Morgan fingerprint density at radius 1 is 1.04 bits per heavy atom. The lowest BCUT2D eigenvalue weighted by molar-refractivity contribution is -0.118. The number of rotatable bonds is 5. The number of amides is 1. The second-order valence-corrected chi connectivity index (χ2v) is 6.48. The maximum Gasteiger partial charge on any atom is 0.253 e. The van der Waals surface area contributed by atoms with E-state index in [4.69, 9.17) is 0 Å². The molecule has 0 unspecified atom stereocenters. The Morgan fingerprint density at radius 3 is 2.39 bits per heavy atom. The zero-order valence-corrected chi connectivity index (χ0v) is 15.5. The van der Waals surface area contributed by atoms with Gasteiger partial charge in [0.15, 0.2) is 6.04 Å². The molecule has 0 aliphatic rings. The van der Waals surface area contributed by atoms with E-state index in [1.807, 2.05) is 79.2 Å². The van der Waals surface area contributed by atoms with Crippen LogP contribution >= 0.6 is 0 Å². The average Bonchev–Trinajstić information content (AvgIpc) is 3.33. The molecule has 140 valence electrons. The van der Waals surface area contributed by atoms with E-state index in [1.165, 1.54) is 11.0 Å². The molecule has 0 aliphatic heterocycles. The molecule has 4 aromatic rings. The molecule has 8 heteroatoms. The van der Waals surface area contributed by atoms with E-state index in [0.717, 1.165) is 22.6 Å². The maximum atomic E-state index is 13.0. The SMILES string of the molecule is Cc1cc(C)n(-c2ccc(NC(=O)[C@H](c3ccccc3)n3cnnn3)cc2)n1. The molecular weight excluding hydrogens is 354 g/mol. The molecule has 2 heterocycles. The summed E-state index contributed by atoms with van der Waals surface area (Å²) in [4.78, 5) is 13.0. The van der Waals surface area contributed by atoms with Crippen LogP contribution in [-0.2, 0) is 4.79 Å². The Labute approximate surface area is 161 Å². The maximum absolute atomic E-state index is 13.0. The minimum absolute atomic E-state index is 0.225. The molecule has 0 aliphatic carbocycles. The van der Waals surface area contributed by atoms with Gasteiger partial charge in [-0.1, -0.05) is 30.3 Å². The fourth-order valence-electron chi connectivity index (χ4n) is 3.13. The first-order chi connectivity index (χ1) is 13.6. The Kier molecular flexibility index (Phi) is 4.67. The second-order valence-electron chi connectivity index (χ2n) is 6.48. The average molecular weight is 373 g/mol. The highest BCUT2D eigenvalue weighted by molar-refractivity contribution is 5.95.